The van der Waals surface area contributed by atoms with Gasteiger partial charge >= 0.3 is 5.97 Å². The summed E-state index contributed by atoms with van der Waals surface area (Å²) in [6.45, 7) is 1.98. The molecular weight excluding hydrogens is 220 g/mol. The van der Waals surface area contributed by atoms with Crippen LogP contribution in [0.25, 0.3) is 0 Å². The number of carboxylic acid groups (broad SMARTS) is 1. The third kappa shape index (κ3) is 5.68. The van der Waals surface area contributed by atoms with Crippen LogP contribution < -0.4 is 10.6 Å². The molecule has 5 heteroatoms. The monoisotopic (exact) mass is 242 g/mol. The maximum Gasteiger partial charge on any atom is 0.320 e. The molecule has 0 saturated heterocycles. The van der Waals surface area contributed by atoms with E-state index >= 15 is 0 Å². The molecule has 1 saturated carbocycles. The molecule has 0 aromatic carbocycles. The minimum atomic E-state index is -0.891. The van der Waals surface area contributed by atoms with E-state index in [1.807, 2.05) is 0 Å². The van der Waals surface area contributed by atoms with E-state index in [4.69, 9.17) is 5.11 Å². The van der Waals surface area contributed by atoms with Crippen LogP contribution in [-0.2, 0) is 9.59 Å². The molecule has 0 spiro atoms. The number of carbonyl (C=O) groups excluding carboxylic acids is 1. The van der Waals surface area contributed by atoms with Gasteiger partial charge in [-0.25, -0.2) is 0 Å². The van der Waals surface area contributed by atoms with Crippen LogP contribution in [0.1, 0.15) is 45.4 Å². The van der Waals surface area contributed by atoms with E-state index in [-0.39, 0.29) is 5.91 Å². The number of nitrogens with one attached hydrogen (secondary N) is 2. The Kier molecular flexibility index (Phi) is 5.97. The zero-order valence-corrected chi connectivity index (χ0v) is 10.4. The van der Waals surface area contributed by atoms with Crippen molar-refractivity contribution in [1.82, 2.24) is 10.6 Å². The summed E-state index contributed by atoms with van der Waals surface area (Å²) in [6, 6.07) is -0.273. The molecule has 5 nitrogen and oxygen atoms in total. The minimum absolute atomic E-state index is 0.0157. The Bertz CT molecular complexity index is 262. The van der Waals surface area contributed by atoms with Gasteiger partial charge in [-0.15, -0.1) is 0 Å². The first-order valence-corrected chi connectivity index (χ1v) is 6.35. The van der Waals surface area contributed by atoms with Crippen molar-refractivity contribution in [3.63, 3.8) is 0 Å². The number of carbonyl (C=O) groups is 2. The Hall–Kier alpha value is -1.10. The van der Waals surface area contributed by atoms with Crippen LogP contribution >= 0.6 is 0 Å². The summed E-state index contributed by atoms with van der Waals surface area (Å²) in [5.74, 6) is -0.875. The fourth-order valence-corrected chi connectivity index (χ4v) is 2.04. The number of hydrogen-bond acceptors (Lipinski definition) is 3. The van der Waals surface area contributed by atoms with Gasteiger partial charge in [0.15, 0.2) is 0 Å². The van der Waals surface area contributed by atoms with E-state index in [9.17, 15) is 9.59 Å². The third-order valence-corrected chi connectivity index (χ3v) is 3.14. The zero-order chi connectivity index (χ0) is 12.7. The molecule has 1 rings (SSSR count). The predicted octanol–water partition coefficient (Wildman–Crippen LogP) is 0.888. The first-order chi connectivity index (χ1) is 8.09. The molecule has 98 valence electrons. The highest BCUT2D eigenvalue weighted by Gasteiger charge is 2.16. The zero-order valence-electron chi connectivity index (χ0n) is 10.4. The summed E-state index contributed by atoms with van der Waals surface area (Å²) in [6.07, 6.45) is 6.14. The van der Waals surface area contributed by atoms with Crippen LogP contribution in [0, 0.1) is 0 Å². The second-order valence-electron chi connectivity index (χ2n) is 4.67. The highest BCUT2D eigenvalue weighted by atomic mass is 16.4. The average molecular weight is 242 g/mol. The van der Waals surface area contributed by atoms with Gasteiger partial charge < -0.3 is 15.7 Å². The number of amides is 1. The number of hydrogen-bond donors (Lipinski definition) is 3. The lowest BCUT2D eigenvalue weighted by molar-refractivity contribution is -0.139. The Balaban J connectivity index is 2.10. The lowest BCUT2D eigenvalue weighted by Gasteiger charge is -2.22. The van der Waals surface area contributed by atoms with Crippen LogP contribution in [0.2, 0.25) is 0 Å². The van der Waals surface area contributed by atoms with E-state index in [1.54, 1.807) is 6.92 Å². The summed E-state index contributed by atoms with van der Waals surface area (Å²) >= 11 is 0. The smallest absolute Gasteiger partial charge is 0.320 e. The molecule has 1 fully saturated rings. The SMILES string of the molecule is C[C@@H](NCCC(=O)NC1CCCCC1)C(=O)O. The van der Waals surface area contributed by atoms with E-state index < -0.39 is 12.0 Å². The summed E-state index contributed by atoms with van der Waals surface area (Å²) < 4.78 is 0. The van der Waals surface area contributed by atoms with Crippen molar-refractivity contribution in [3.8, 4) is 0 Å². The molecule has 0 aromatic heterocycles. The highest BCUT2D eigenvalue weighted by Crippen LogP contribution is 2.17. The largest absolute Gasteiger partial charge is 0.480 e. The molecule has 0 heterocycles. The molecule has 0 aliphatic heterocycles. The molecule has 0 radical (unpaired) electrons. The molecule has 3 N–H and O–H groups in total. The van der Waals surface area contributed by atoms with E-state index in [1.165, 1.54) is 19.3 Å². The topological polar surface area (TPSA) is 78.4 Å². The second kappa shape index (κ2) is 7.27. The lowest BCUT2D eigenvalue weighted by atomic mass is 9.95. The minimum Gasteiger partial charge on any atom is -0.480 e. The summed E-state index contributed by atoms with van der Waals surface area (Å²) in [5, 5.41) is 14.4. The van der Waals surface area contributed by atoms with Crippen LogP contribution in [0.5, 0.6) is 0 Å². The first-order valence-electron chi connectivity index (χ1n) is 6.35. The van der Waals surface area contributed by atoms with Gasteiger partial charge in [-0.3, -0.25) is 9.59 Å². The van der Waals surface area contributed by atoms with E-state index in [0.717, 1.165) is 12.8 Å². The number of rotatable bonds is 6. The number of aliphatic carboxylic acids is 1. The molecular formula is C12H22N2O3. The van der Waals surface area contributed by atoms with Crippen molar-refractivity contribution in [1.29, 1.82) is 0 Å². The maximum absolute atomic E-state index is 11.6. The van der Waals surface area contributed by atoms with Crippen molar-refractivity contribution >= 4 is 11.9 Å². The van der Waals surface area contributed by atoms with E-state index in [0.29, 0.717) is 19.0 Å². The Labute approximate surface area is 102 Å². The van der Waals surface area contributed by atoms with Gasteiger partial charge in [-0.2, -0.15) is 0 Å². The van der Waals surface area contributed by atoms with Gasteiger partial charge in [0.2, 0.25) is 5.91 Å². The third-order valence-electron chi connectivity index (χ3n) is 3.14. The van der Waals surface area contributed by atoms with Crippen LogP contribution in [0.4, 0.5) is 0 Å². The molecule has 1 aliphatic carbocycles. The van der Waals surface area contributed by atoms with Crippen molar-refractivity contribution in [3.05, 3.63) is 0 Å². The van der Waals surface area contributed by atoms with E-state index in [2.05, 4.69) is 10.6 Å². The highest BCUT2D eigenvalue weighted by molar-refractivity contribution is 5.76. The Morgan fingerprint density at radius 2 is 1.94 bits per heavy atom. The normalized spacial score (nSPS) is 18.6. The molecule has 1 atom stereocenters. The van der Waals surface area contributed by atoms with Gasteiger partial charge in [0.05, 0.1) is 0 Å². The fraction of sp³-hybridized carbons (Fsp3) is 0.833. The van der Waals surface area contributed by atoms with Crippen LogP contribution in [-0.4, -0.2) is 35.6 Å². The van der Waals surface area contributed by atoms with Crippen molar-refractivity contribution in [2.75, 3.05) is 6.54 Å². The van der Waals surface area contributed by atoms with Crippen molar-refractivity contribution in [2.24, 2.45) is 0 Å². The summed E-state index contributed by atoms with van der Waals surface area (Å²) in [4.78, 5) is 22.1. The molecule has 17 heavy (non-hydrogen) atoms. The molecule has 0 unspecified atom stereocenters. The molecule has 1 amide bonds. The van der Waals surface area contributed by atoms with Gasteiger partial charge in [-0.05, 0) is 19.8 Å². The van der Waals surface area contributed by atoms with Crippen LogP contribution in [0.3, 0.4) is 0 Å². The lowest BCUT2D eigenvalue weighted by Crippen LogP contribution is -2.40. The van der Waals surface area contributed by atoms with Crippen LogP contribution in [0.15, 0.2) is 0 Å². The Morgan fingerprint density at radius 1 is 1.29 bits per heavy atom. The predicted molar refractivity (Wildman–Crippen MR) is 64.7 cm³/mol. The molecule has 0 aromatic rings. The van der Waals surface area contributed by atoms with Gasteiger partial charge in [-0.1, -0.05) is 19.3 Å². The van der Waals surface area contributed by atoms with Crippen molar-refractivity contribution in [2.45, 2.75) is 57.5 Å². The van der Waals surface area contributed by atoms with Crippen molar-refractivity contribution < 1.29 is 14.7 Å². The standard InChI is InChI=1S/C12H22N2O3/c1-9(12(16)17)13-8-7-11(15)14-10-5-3-2-4-6-10/h9-10,13H,2-8H2,1H3,(H,14,15)(H,16,17)/t9-/m1/s1. The second-order valence-corrected chi connectivity index (χ2v) is 4.67. The van der Waals surface area contributed by atoms with Gasteiger partial charge in [0, 0.05) is 19.0 Å². The summed E-state index contributed by atoms with van der Waals surface area (Å²) in [7, 11) is 0. The summed E-state index contributed by atoms with van der Waals surface area (Å²) in [5.41, 5.74) is 0. The fourth-order valence-electron chi connectivity index (χ4n) is 2.04. The van der Waals surface area contributed by atoms with Gasteiger partial charge in [0.1, 0.15) is 6.04 Å². The molecule has 0 bridgehead atoms. The quantitative estimate of drug-likeness (QED) is 0.646. The molecule has 1 aliphatic rings. The first kappa shape index (κ1) is 14.0. The Morgan fingerprint density at radius 3 is 2.53 bits per heavy atom. The number of carboxylic acids is 1. The maximum atomic E-state index is 11.6. The van der Waals surface area contributed by atoms with Gasteiger partial charge in [0.25, 0.3) is 0 Å². The average Bonchev–Trinajstić information content (AvgIpc) is 2.30.